The second kappa shape index (κ2) is 9.48. The molecule has 0 saturated carbocycles. The molecule has 0 atom stereocenters. The van der Waals surface area contributed by atoms with E-state index in [1.165, 1.54) is 37.4 Å². The Bertz CT molecular complexity index is 254. The van der Waals surface area contributed by atoms with Crippen molar-refractivity contribution in [1.82, 2.24) is 0 Å². The first-order valence-corrected chi connectivity index (χ1v) is 14.4. The van der Waals surface area contributed by atoms with Crippen LogP contribution in [0.15, 0.2) is 0 Å². The number of rotatable bonds is 11. The van der Waals surface area contributed by atoms with Gasteiger partial charge < -0.3 is 8.85 Å². The second-order valence-electron chi connectivity index (χ2n) is 7.76. The highest BCUT2D eigenvalue weighted by Crippen LogP contribution is 2.36. The van der Waals surface area contributed by atoms with Crippen LogP contribution in [0.5, 0.6) is 0 Å². The molecule has 0 saturated heterocycles. The standard InChI is InChI=1S/C17H40O2Si2/c1-9-21(10-2,11-3)19-16-14-12-13-15-18-20(7,8)17(4,5)6/h9-16H2,1-8H3. The molecule has 0 spiro atoms. The molecule has 21 heavy (non-hydrogen) atoms. The Morgan fingerprint density at radius 3 is 1.52 bits per heavy atom. The average Bonchev–Trinajstić information content (AvgIpc) is 2.41. The van der Waals surface area contributed by atoms with Crippen LogP contribution >= 0.6 is 0 Å². The summed E-state index contributed by atoms with van der Waals surface area (Å²) >= 11 is 0. The van der Waals surface area contributed by atoms with Crippen molar-refractivity contribution in [2.75, 3.05) is 13.2 Å². The van der Waals surface area contributed by atoms with Crippen molar-refractivity contribution in [1.29, 1.82) is 0 Å². The van der Waals surface area contributed by atoms with Gasteiger partial charge >= 0.3 is 0 Å². The van der Waals surface area contributed by atoms with Gasteiger partial charge in [-0.1, -0.05) is 41.5 Å². The van der Waals surface area contributed by atoms with Crippen LogP contribution in [0.25, 0.3) is 0 Å². The lowest BCUT2D eigenvalue weighted by Gasteiger charge is -2.36. The molecule has 0 fully saturated rings. The molecule has 0 heterocycles. The highest BCUT2D eigenvalue weighted by Gasteiger charge is 2.36. The average molecular weight is 333 g/mol. The van der Waals surface area contributed by atoms with Crippen LogP contribution in [0.4, 0.5) is 0 Å². The largest absolute Gasteiger partial charge is 0.417 e. The Kier molecular flexibility index (Phi) is 9.64. The molecule has 128 valence electrons. The maximum Gasteiger partial charge on any atom is 0.191 e. The number of unbranched alkanes of at least 4 members (excludes halogenated alkanes) is 2. The molecular weight excluding hydrogens is 292 g/mol. The quantitative estimate of drug-likeness (QED) is 0.331. The molecule has 0 radical (unpaired) electrons. The smallest absolute Gasteiger partial charge is 0.191 e. The molecule has 4 heteroatoms. The van der Waals surface area contributed by atoms with Crippen molar-refractivity contribution in [3.63, 3.8) is 0 Å². The van der Waals surface area contributed by atoms with Crippen molar-refractivity contribution in [3.8, 4) is 0 Å². The van der Waals surface area contributed by atoms with Crippen molar-refractivity contribution < 1.29 is 8.85 Å². The van der Waals surface area contributed by atoms with Crippen LogP contribution in [0.3, 0.4) is 0 Å². The van der Waals surface area contributed by atoms with E-state index in [4.69, 9.17) is 8.85 Å². The predicted molar refractivity (Wildman–Crippen MR) is 100 cm³/mol. The Morgan fingerprint density at radius 2 is 1.14 bits per heavy atom. The third-order valence-corrected chi connectivity index (χ3v) is 14.6. The van der Waals surface area contributed by atoms with Gasteiger partial charge in [-0.25, -0.2) is 0 Å². The molecule has 0 aliphatic heterocycles. The molecule has 0 rings (SSSR count). The fourth-order valence-electron chi connectivity index (χ4n) is 2.27. The zero-order valence-electron chi connectivity index (χ0n) is 16.0. The van der Waals surface area contributed by atoms with Crippen molar-refractivity contribution >= 4 is 16.6 Å². The summed E-state index contributed by atoms with van der Waals surface area (Å²) in [5.41, 5.74) is 0. The highest BCUT2D eigenvalue weighted by atomic mass is 28.4. The topological polar surface area (TPSA) is 18.5 Å². The zero-order chi connectivity index (χ0) is 16.6. The zero-order valence-corrected chi connectivity index (χ0v) is 18.0. The number of hydrogen-bond acceptors (Lipinski definition) is 2. The van der Waals surface area contributed by atoms with Crippen LogP contribution in [0.2, 0.25) is 36.3 Å². The van der Waals surface area contributed by atoms with Gasteiger partial charge in [0.1, 0.15) is 0 Å². The van der Waals surface area contributed by atoms with E-state index in [1.807, 2.05) is 0 Å². The molecule has 2 nitrogen and oxygen atoms in total. The van der Waals surface area contributed by atoms with Gasteiger partial charge in [0.25, 0.3) is 0 Å². The maximum absolute atomic E-state index is 6.29. The summed E-state index contributed by atoms with van der Waals surface area (Å²) < 4.78 is 12.5. The molecule has 0 N–H and O–H groups in total. The van der Waals surface area contributed by atoms with E-state index < -0.39 is 16.6 Å². The SMILES string of the molecule is CC[Si](CC)(CC)OCCCCCO[Si](C)(C)C(C)(C)C. The van der Waals surface area contributed by atoms with Gasteiger partial charge in [-0.15, -0.1) is 0 Å². The lowest BCUT2D eigenvalue weighted by Crippen LogP contribution is -2.41. The molecule has 0 aliphatic carbocycles. The van der Waals surface area contributed by atoms with Gasteiger partial charge in [0.2, 0.25) is 0 Å². The highest BCUT2D eigenvalue weighted by molar-refractivity contribution is 6.74. The third kappa shape index (κ3) is 7.44. The second-order valence-corrected chi connectivity index (χ2v) is 17.3. The van der Waals surface area contributed by atoms with E-state index in [0.29, 0.717) is 5.04 Å². The minimum atomic E-state index is -1.55. The first kappa shape index (κ1) is 21.4. The van der Waals surface area contributed by atoms with E-state index in [1.54, 1.807) is 0 Å². The van der Waals surface area contributed by atoms with Gasteiger partial charge in [-0.05, 0) is 55.5 Å². The first-order valence-electron chi connectivity index (χ1n) is 8.92. The maximum atomic E-state index is 6.29. The van der Waals surface area contributed by atoms with Gasteiger partial charge in [0, 0.05) is 13.2 Å². The van der Waals surface area contributed by atoms with Gasteiger partial charge in [0.15, 0.2) is 16.6 Å². The van der Waals surface area contributed by atoms with Crippen LogP contribution in [0.1, 0.15) is 60.8 Å². The lowest BCUT2D eigenvalue weighted by molar-refractivity contribution is 0.258. The van der Waals surface area contributed by atoms with Crippen LogP contribution in [-0.4, -0.2) is 29.8 Å². The third-order valence-electron chi connectivity index (χ3n) is 5.40. The first-order chi connectivity index (χ1) is 9.64. The molecule has 0 amide bonds. The van der Waals surface area contributed by atoms with Gasteiger partial charge in [-0.3, -0.25) is 0 Å². The fraction of sp³-hybridized carbons (Fsp3) is 1.00. The molecular formula is C17H40O2Si2. The van der Waals surface area contributed by atoms with Crippen molar-refractivity contribution in [3.05, 3.63) is 0 Å². The Labute approximate surface area is 136 Å². The summed E-state index contributed by atoms with van der Waals surface area (Å²) in [6, 6.07) is 3.78. The van der Waals surface area contributed by atoms with Crippen LogP contribution in [-0.2, 0) is 8.85 Å². The predicted octanol–water partition coefficient (Wildman–Crippen LogP) is 6.20. The van der Waals surface area contributed by atoms with Gasteiger partial charge in [-0.2, -0.15) is 0 Å². The lowest BCUT2D eigenvalue weighted by atomic mass is 10.2. The molecule has 0 aliphatic rings. The van der Waals surface area contributed by atoms with E-state index in [2.05, 4.69) is 54.6 Å². The van der Waals surface area contributed by atoms with Gasteiger partial charge in [0.05, 0.1) is 0 Å². The Hall–Kier alpha value is 0.354. The fourth-order valence-corrected chi connectivity index (χ4v) is 6.05. The summed E-state index contributed by atoms with van der Waals surface area (Å²) in [5.74, 6) is 0. The minimum Gasteiger partial charge on any atom is -0.417 e. The summed E-state index contributed by atoms with van der Waals surface area (Å²) in [6.45, 7) is 20.4. The van der Waals surface area contributed by atoms with Crippen LogP contribution in [0, 0.1) is 0 Å². The van der Waals surface area contributed by atoms with Crippen molar-refractivity contribution in [2.45, 2.75) is 97.1 Å². The summed E-state index contributed by atoms with van der Waals surface area (Å²) in [4.78, 5) is 0. The molecule has 0 aromatic heterocycles. The monoisotopic (exact) mass is 332 g/mol. The van der Waals surface area contributed by atoms with Crippen LogP contribution < -0.4 is 0 Å². The summed E-state index contributed by atoms with van der Waals surface area (Å²) in [7, 11) is -2.91. The molecule has 0 bridgehead atoms. The van der Waals surface area contributed by atoms with E-state index in [9.17, 15) is 0 Å². The summed E-state index contributed by atoms with van der Waals surface area (Å²) in [6.07, 6.45) is 3.60. The Morgan fingerprint density at radius 1 is 0.714 bits per heavy atom. The van der Waals surface area contributed by atoms with E-state index in [0.717, 1.165) is 13.2 Å². The normalized spacial score (nSPS) is 13.7. The number of hydrogen-bond donors (Lipinski definition) is 0. The molecule has 0 unspecified atom stereocenters. The van der Waals surface area contributed by atoms with E-state index in [-0.39, 0.29) is 0 Å². The van der Waals surface area contributed by atoms with E-state index >= 15 is 0 Å². The Balaban J connectivity index is 3.79. The summed E-state index contributed by atoms with van der Waals surface area (Å²) in [5, 5.41) is 0.324. The molecule has 0 aromatic carbocycles. The van der Waals surface area contributed by atoms with Crippen molar-refractivity contribution in [2.24, 2.45) is 0 Å². The minimum absolute atomic E-state index is 0.324. The molecule has 0 aromatic rings.